The number of aromatic nitrogens is 1. The van der Waals surface area contributed by atoms with Crippen LogP contribution < -0.4 is 4.90 Å². The van der Waals surface area contributed by atoms with Crippen molar-refractivity contribution in [1.82, 2.24) is 4.57 Å². The van der Waals surface area contributed by atoms with E-state index >= 15 is 0 Å². The Kier molecular flexibility index (Phi) is 7.53. The summed E-state index contributed by atoms with van der Waals surface area (Å²) in [5.41, 5.74) is 11.7. The summed E-state index contributed by atoms with van der Waals surface area (Å²) in [6.07, 6.45) is 0. The van der Waals surface area contributed by atoms with Crippen molar-refractivity contribution in [2.75, 3.05) is 4.90 Å². The van der Waals surface area contributed by atoms with E-state index < -0.39 is 0 Å². The fourth-order valence-electron chi connectivity index (χ4n) is 8.52. The lowest BCUT2D eigenvalue weighted by Crippen LogP contribution is -2.10. The second-order valence-corrected chi connectivity index (χ2v) is 14.6. The molecule has 0 radical (unpaired) electrons. The van der Waals surface area contributed by atoms with E-state index in [1.165, 1.54) is 76.4 Å². The quantitative estimate of drug-likeness (QED) is 0.167. The lowest BCUT2D eigenvalue weighted by atomic mass is 9.96. The Morgan fingerprint density at radius 2 is 0.750 bits per heavy atom. The van der Waals surface area contributed by atoms with Gasteiger partial charge in [-0.15, -0.1) is 0 Å². The van der Waals surface area contributed by atoms with Gasteiger partial charge in [-0.3, -0.25) is 0 Å². The fourth-order valence-corrected chi connectivity index (χ4v) is 8.52. The van der Waals surface area contributed by atoms with Crippen LogP contribution in [0, 0.1) is 0 Å². The molecule has 0 bridgehead atoms. The summed E-state index contributed by atoms with van der Waals surface area (Å²) in [6.45, 7) is 0. The molecule has 0 atom stereocenters. The maximum absolute atomic E-state index is 2.41. The third-order valence-electron chi connectivity index (χ3n) is 11.3. The molecule has 0 fully saturated rings. The van der Waals surface area contributed by atoms with Gasteiger partial charge in [0.2, 0.25) is 0 Å². The van der Waals surface area contributed by atoms with E-state index in [1.807, 2.05) is 0 Å². The van der Waals surface area contributed by atoms with Gasteiger partial charge in [0.15, 0.2) is 0 Å². The molecule has 1 heterocycles. The lowest BCUT2D eigenvalue weighted by Gasteiger charge is -2.26. The molecule has 0 aliphatic rings. The van der Waals surface area contributed by atoms with Crippen LogP contribution in [0.2, 0.25) is 0 Å². The SMILES string of the molecule is c1ccc(-n2c3ccccc3c3cc(N(c4ccc5ccccc5c4)c4ccc5ccc(-c6cccc(-c7ccc8ccccc8c7)c6)cc5c4)ccc32)cc1. The van der Waals surface area contributed by atoms with E-state index in [9.17, 15) is 0 Å². The Labute approximate surface area is 325 Å². The molecule has 0 spiro atoms. The van der Waals surface area contributed by atoms with Crippen LogP contribution in [0.5, 0.6) is 0 Å². The molecule has 0 aliphatic carbocycles. The van der Waals surface area contributed by atoms with E-state index in [4.69, 9.17) is 0 Å². The molecule has 0 unspecified atom stereocenters. The van der Waals surface area contributed by atoms with Crippen molar-refractivity contribution in [3.8, 4) is 27.9 Å². The molecule has 2 heteroatoms. The Hall–Kier alpha value is -7.42. The number of rotatable bonds is 6. The van der Waals surface area contributed by atoms with Gasteiger partial charge in [-0.25, -0.2) is 0 Å². The van der Waals surface area contributed by atoms with Gasteiger partial charge in [-0.1, -0.05) is 140 Å². The van der Waals surface area contributed by atoms with Crippen molar-refractivity contribution in [3.63, 3.8) is 0 Å². The Balaban J connectivity index is 1.06. The standard InChI is InChI=1S/C54H36N2/c1-2-17-47(18-3-1)56-53-20-9-8-19-51(53)52-36-50(29-30-54(52)56)55(48-27-25-38-12-5-7-14-43(38)34-48)49-28-26-39-22-24-45(33-46(39)35-49)42-16-10-15-41(32-42)44-23-21-37-11-4-6-13-40(37)31-44/h1-36H. The van der Waals surface area contributed by atoms with E-state index in [1.54, 1.807) is 0 Å². The number of nitrogens with zero attached hydrogens (tertiary/aromatic N) is 2. The maximum Gasteiger partial charge on any atom is 0.0542 e. The van der Waals surface area contributed by atoms with Gasteiger partial charge in [0.05, 0.1) is 11.0 Å². The van der Waals surface area contributed by atoms with Crippen LogP contribution in [-0.4, -0.2) is 4.57 Å². The molecular formula is C54H36N2. The lowest BCUT2D eigenvalue weighted by molar-refractivity contribution is 1.18. The van der Waals surface area contributed by atoms with Gasteiger partial charge >= 0.3 is 0 Å². The van der Waals surface area contributed by atoms with Crippen molar-refractivity contribution in [3.05, 3.63) is 218 Å². The van der Waals surface area contributed by atoms with Gasteiger partial charge in [0.1, 0.15) is 0 Å². The molecule has 1 aromatic heterocycles. The summed E-state index contributed by atoms with van der Waals surface area (Å²) in [4.78, 5) is 2.41. The normalized spacial score (nSPS) is 11.6. The summed E-state index contributed by atoms with van der Waals surface area (Å²) >= 11 is 0. The van der Waals surface area contributed by atoms with Gasteiger partial charge in [-0.2, -0.15) is 0 Å². The molecule has 0 N–H and O–H groups in total. The molecule has 262 valence electrons. The topological polar surface area (TPSA) is 8.17 Å². The zero-order chi connectivity index (χ0) is 37.0. The van der Waals surface area contributed by atoms with Crippen LogP contribution in [0.15, 0.2) is 218 Å². The largest absolute Gasteiger partial charge is 0.310 e. The minimum atomic E-state index is 1.11. The molecule has 2 nitrogen and oxygen atoms in total. The van der Waals surface area contributed by atoms with Crippen molar-refractivity contribution >= 4 is 71.2 Å². The average Bonchev–Trinajstić information content (AvgIpc) is 3.60. The van der Waals surface area contributed by atoms with E-state index in [0.29, 0.717) is 0 Å². The van der Waals surface area contributed by atoms with Crippen LogP contribution >= 0.6 is 0 Å². The highest BCUT2D eigenvalue weighted by molar-refractivity contribution is 6.11. The molecule has 56 heavy (non-hydrogen) atoms. The zero-order valence-corrected chi connectivity index (χ0v) is 30.7. The molecule has 0 aliphatic heterocycles. The summed E-state index contributed by atoms with van der Waals surface area (Å²) in [5, 5.41) is 9.83. The van der Waals surface area contributed by atoms with Gasteiger partial charge < -0.3 is 9.47 Å². The number of hydrogen-bond acceptors (Lipinski definition) is 1. The number of para-hydroxylation sites is 2. The summed E-state index contributed by atoms with van der Waals surface area (Å²) in [7, 11) is 0. The molecule has 11 rings (SSSR count). The molecule has 10 aromatic carbocycles. The maximum atomic E-state index is 2.41. The zero-order valence-electron chi connectivity index (χ0n) is 30.7. The molecule has 0 saturated carbocycles. The number of anilines is 3. The number of benzene rings is 10. The highest BCUT2D eigenvalue weighted by Gasteiger charge is 2.18. The first kappa shape index (κ1) is 32.0. The Morgan fingerprint density at radius 1 is 0.268 bits per heavy atom. The number of fused-ring (bicyclic) bond motifs is 6. The molecule has 0 amide bonds. The average molecular weight is 713 g/mol. The Morgan fingerprint density at radius 3 is 1.46 bits per heavy atom. The van der Waals surface area contributed by atoms with Gasteiger partial charge in [0, 0.05) is 33.5 Å². The van der Waals surface area contributed by atoms with Crippen molar-refractivity contribution in [2.45, 2.75) is 0 Å². The molecule has 11 aromatic rings. The second kappa shape index (κ2) is 13.2. The third kappa shape index (κ3) is 5.51. The summed E-state index contributed by atoms with van der Waals surface area (Å²) < 4.78 is 2.38. The second-order valence-electron chi connectivity index (χ2n) is 14.6. The monoisotopic (exact) mass is 712 g/mol. The summed E-state index contributed by atoms with van der Waals surface area (Å²) in [6, 6.07) is 79.7. The van der Waals surface area contributed by atoms with E-state index in [2.05, 4.69) is 228 Å². The van der Waals surface area contributed by atoms with Crippen molar-refractivity contribution < 1.29 is 0 Å². The summed E-state index contributed by atoms with van der Waals surface area (Å²) in [5.74, 6) is 0. The minimum Gasteiger partial charge on any atom is -0.310 e. The van der Waals surface area contributed by atoms with E-state index in [-0.39, 0.29) is 0 Å². The van der Waals surface area contributed by atoms with Crippen molar-refractivity contribution in [1.29, 1.82) is 0 Å². The van der Waals surface area contributed by atoms with Gasteiger partial charge in [0.25, 0.3) is 0 Å². The van der Waals surface area contributed by atoms with Crippen LogP contribution in [0.1, 0.15) is 0 Å². The van der Waals surface area contributed by atoms with E-state index in [0.717, 1.165) is 22.7 Å². The molecule has 0 saturated heterocycles. The predicted molar refractivity (Wildman–Crippen MR) is 239 cm³/mol. The third-order valence-corrected chi connectivity index (χ3v) is 11.3. The van der Waals surface area contributed by atoms with Crippen LogP contribution in [0.3, 0.4) is 0 Å². The number of hydrogen-bond donors (Lipinski definition) is 0. The van der Waals surface area contributed by atoms with Crippen LogP contribution in [-0.2, 0) is 0 Å². The van der Waals surface area contributed by atoms with Crippen LogP contribution in [0.25, 0.3) is 82.1 Å². The fraction of sp³-hybridized carbons (Fsp3) is 0. The van der Waals surface area contributed by atoms with Gasteiger partial charge in [-0.05, 0) is 133 Å². The first-order valence-electron chi connectivity index (χ1n) is 19.2. The highest BCUT2D eigenvalue weighted by atomic mass is 15.1. The van der Waals surface area contributed by atoms with Crippen molar-refractivity contribution in [2.24, 2.45) is 0 Å². The molecular weight excluding hydrogens is 677 g/mol. The first-order chi connectivity index (χ1) is 27.7. The predicted octanol–water partition coefficient (Wildman–Crippen LogP) is 15.0. The smallest absolute Gasteiger partial charge is 0.0542 e. The Bertz CT molecular complexity index is 3260. The minimum absolute atomic E-state index is 1.11. The van der Waals surface area contributed by atoms with Crippen LogP contribution in [0.4, 0.5) is 17.1 Å². The first-order valence-corrected chi connectivity index (χ1v) is 19.2. The highest BCUT2D eigenvalue weighted by Crippen LogP contribution is 2.42.